The third kappa shape index (κ3) is 3.50. The Labute approximate surface area is 144 Å². The molecule has 0 aliphatic carbocycles. The second-order valence-electron chi connectivity index (χ2n) is 5.67. The van der Waals surface area contributed by atoms with Gasteiger partial charge in [0.05, 0.1) is 4.91 Å². The first-order chi connectivity index (χ1) is 10.5. The molecule has 2 aliphatic rings. The van der Waals surface area contributed by atoms with E-state index in [2.05, 4.69) is 16.8 Å². The highest BCUT2D eigenvalue weighted by Crippen LogP contribution is 2.33. The van der Waals surface area contributed by atoms with E-state index in [9.17, 15) is 4.79 Å². The maximum absolute atomic E-state index is 12.1. The molecule has 0 saturated carbocycles. The number of nitrogens with zero attached hydrogens (tertiary/aromatic N) is 2. The van der Waals surface area contributed by atoms with E-state index in [0.717, 1.165) is 30.2 Å². The van der Waals surface area contributed by atoms with E-state index >= 15 is 0 Å². The molecular formula is C16H16Cl2N2OS. The maximum Gasteiger partial charge on any atom is 0.286 e. The normalized spacial score (nSPS) is 24.0. The standard InChI is InChI=1S/C16H16Cl2N2OS/c1-10-3-2-6-20(9-10)16-19-15(21)14(22-16)7-11-4-5-12(17)8-13(11)18/h4-5,7-8,10H,2-3,6,9H2,1H3/b14-7-/t10-/m0/s1. The second-order valence-corrected chi connectivity index (χ2v) is 7.52. The van der Waals surface area contributed by atoms with E-state index in [4.69, 9.17) is 23.2 Å². The van der Waals surface area contributed by atoms with E-state index in [1.807, 2.05) is 6.07 Å². The molecule has 0 N–H and O–H groups in total. The Balaban J connectivity index is 1.78. The van der Waals surface area contributed by atoms with Crippen LogP contribution in [-0.4, -0.2) is 29.1 Å². The zero-order chi connectivity index (χ0) is 15.7. The van der Waals surface area contributed by atoms with Crippen LogP contribution in [0.25, 0.3) is 6.08 Å². The van der Waals surface area contributed by atoms with Gasteiger partial charge in [-0.3, -0.25) is 4.79 Å². The Morgan fingerprint density at radius 2 is 2.23 bits per heavy atom. The molecule has 2 heterocycles. The molecule has 0 spiro atoms. The third-order valence-electron chi connectivity index (χ3n) is 3.79. The molecule has 0 aromatic heterocycles. The van der Waals surface area contributed by atoms with Gasteiger partial charge in [0.2, 0.25) is 0 Å². The Hall–Kier alpha value is -0.970. The van der Waals surface area contributed by atoms with Crippen LogP contribution in [0.2, 0.25) is 10.0 Å². The molecule has 0 bridgehead atoms. The van der Waals surface area contributed by atoms with E-state index < -0.39 is 0 Å². The summed E-state index contributed by atoms with van der Waals surface area (Å²) >= 11 is 13.5. The molecule has 0 unspecified atom stereocenters. The van der Waals surface area contributed by atoms with Gasteiger partial charge in [0.25, 0.3) is 5.91 Å². The summed E-state index contributed by atoms with van der Waals surface area (Å²) in [7, 11) is 0. The number of aliphatic imine (C=N–C) groups is 1. The van der Waals surface area contributed by atoms with Crippen molar-refractivity contribution < 1.29 is 4.79 Å². The molecule has 3 rings (SSSR count). The number of carbonyl (C=O) groups is 1. The van der Waals surface area contributed by atoms with Gasteiger partial charge >= 0.3 is 0 Å². The fourth-order valence-electron chi connectivity index (χ4n) is 2.66. The van der Waals surface area contributed by atoms with Crippen molar-refractivity contribution in [2.45, 2.75) is 19.8 Å². The smallest absolute Gasteiger partial charge is 0.286 e. The predicted octanol–water partition coefficient (Wildman–Crippen LogP) is 4.70. The predicted molar refractivity (Wildman–Crippen MR) is 94.4 cm³/mol. The lowest BCUT2D eigenvalue weighted by Crippen LogP contribution is -2.37. The second kappa shape index (κ2) is 6.65. The first-order valence-electron chi connectivity index (χ1n) is 7.25. The monoisotopic (exact) mass is 354 g/mol. The van der Waals surface area contributed by atoms with Crippen LogP contribution in [0.5, 0.6) is 0 Å². The fourth-order valence-corrected chi connectivity index (χ4v) is 4.06. The molecule has 3 nitrogen and oxygen atoms in total. The zero-order valence-corrected chi connectivity index (χ0v) is 14.5. The molecule has 1 aromatic carbocycles. The Kier molecular flexibility index (Phi) is 4.81. The Morgan fingerprint density at radius 3 is 2.95 bits per heavy atom. The number of piperidine rings is 1. The molecule has 1 atom stereocenters. The zero-order valence-electron chi connectivity index (χ0n) is 12.2. The summed E-state index contributed by atoms with van der Waals surface area (Å²) in [5.41, 5.74) is 0.783. The number of carbonyl (C=O) groups excluding carboxylic acids is 1. The van der Waals surface area contributed by atoms with Crippen LogP contribution in [0, 0.1) is 5.92 Å². The first-order valence-corrected chi connectivity index (χ1v) is 8.83. The lowest BCUT2D eigenvalue weighted by Gasteiger charge is -2.31. The van der Waals surface area contributed by atoms with Crippen molar-refractivity contribution in [1.82, 2.24) is 4.90 Å². The highest BCUT2D eigenvalue weighted by molar-refractivity contribution is 8.18. The van der Waals surface area contributed by atoms with Gasteiger partial charge in [-0.2, -0.15) is 4.99 Å². The van der Waals surface area contributed by atoms with Crippen molar-refractivity contribution in [2.75, 3.05) is 13.1 Å². The molecular weight excluding hydrogens is 339 g/mol. The number of thioether (sulfide) groups is 1. The Morgan fingerprint density at radius 1 is 1.41 bits per heavy atom. The maximum atomic E-state index is 12.1. The van der Waals surface area contributed by atoms with Crippen molar-refractivity contribution in [3.8, 4) is 0 Å². The minimum absolute atomic E-state index is 0.191. The van der Waals surface area contributed by atoms with E-state index in [0.29, 0.717) is 20.9 Å². The van der Waals surface area contributed by atoms with Gasteiger partial charge in [0.15, 0.2) is 5.17 Å². The summed E-state index contributed by atoms with van der Waals surface area (Å²) in [6, 6.07) is 5.25. The number of amides is 1. The van der Waals surface area contributed by atoms with Gasteiger partial charge in [-0.1, -0.05) is 36.2 Å². The summed E-state index contributed by atoms with van der Waals surface area (Å²) in [4.78, 5) is 19.1. The number of benzene rings is 1. The number of hydrogen-bond donors (Lipinski definition) is 0. The first kappa shape index (κ1) is 15.9. The average molecular weight is 355 g/mol. The number of amidine groups is 1. The number of halogens is 2. The summed E-state index contributed by atoms with van der Waals surface area (Å²) in [6.45, 7) is 4.17. The number of hydrogen-bond acceptors (Lipinski definition) is 3. The molecule has 1 aromatic rings. The molecule has 1 fully saturated rings. The fraction of sp³-hybridized carbons (Fsp3) is 0.375. The molecule has 0 radical (unpaired) electrons. The van der Waals surface area contributed by atoms with Gasteiger partial charge in [0, 0.05) is 23.1 Å². The summed E-state index contributed by atoms with van der Waals surface area (Å²) in [5, 5.41) is 1.93. The molecule has 6 heteroatoms. The highest BCUT2D eigenvalue weighted by atomic mass is 35.5. The summed E-state index contributed by atoms with van der Waals surface area (Å²) < 4.78 is 0. The van der Waals surface area contributed by atoms with E-state index in [-0.39, 0.29) is 5.91 Å². The topological polar surface area (TPSA) is 32.7 Å². The largest absolute Gasteiger partial charge is 0.351 e. The van der Waals surface area contributed by atoms with Crippen molar-refractivity contribution in [2.24, 2.45) is 10.9 Å². The number of likely N-dealkylation sites (tertiary alicyclic amines) is 1. The minimum atomic E-state index is -0.191. The molecule has 22 heavy (non-hydrogen) atoms. The van der Waals surface area contributed by atoms with Crippen LogP contribution in [0.1, 0.15) is 25.3 Å². The van der Waals surface area contributed by atoms with Crippen LogP contribution in [0.3, 0.4) is 0 Å². The summed E-state index contributed by atoms with van der Waals surface area (Å²) in [5.74, 6) is 0.454. The molecule has 1 amide bonds. The van der Waals surface area contributed by atoms with Gasteiger partial charge in [-0.25, -0.2) is 0 Å². The molecule has 2 aliphatic heterocycles. The van der Waals surface area contributed by atoms with Crippen LogP contribution in [0.15, 0.2) is 28.1 Å². The third-order valence-corrected chi connectivity index (χ3v) is 5.39. The average Bonchev–Trinajstić information content (AvgIpc) is 2.83. The minimum Gasteiger partial charge on any atom is -0.351 e. The molecule has 1 saturated heterocycles. The van der Waals surface area contributed by atoms with Gasteiger partial charge < -0.3 is 4.90 Å². The van der Waals surface area contributed by atoms with E-state index in [1.165, 1.54) is 18.2 Å². The van der Waals surface area contributed by atoms with Crippen LogP contribution in [-0.2, 0) is 4.79 Å². The lowest BCUT2D eigenvalue weighted by molar-refractivity contribution is -0.113. The van der Waals surface area contributed by atoms with Gasteiger partial charge in [-0.05, 0) is 54.3 Å². The number of rotatable bonds is 1. The van der Waals surface area contributed by atoms with Crippen molar-refractivity contribution in [3.63, 3.8) is 0 Å². The van der Waals surface area contributed by atoms with Crippen molar-refractivity contribution >= 4 is 52.1 Å². The van der Waals surface area contributed by atoms with Gasteiger partial charge in [0.1, 0.15) is 0 Å². The van der Waals surface area contributed by atoms with E-state index in [1.54, 1.807) is 18.2 Å². The lowest BCUT2D eigenvalue weighted by atomic mass is 10.0. The van der Waals surface area contributed by atoms with Crippen LogP contribution in [0.4, 0.5) is 0 Å². The SMILES string of the molecule is C[C@H]1CCCN(C2=NC(=O)/C(=C/c3ccc(Cl)cc3Cl)S2)C1. The van der Waals surface area contributed by atoms with Crippen molar-refractivity contribution in [1.29, 1.82) is 0 Å². The molecule has 116 valence electrons. The van der Waals surface area contributed by atoms with Crippen LogP contribution >= 0.6 is 35.0 Å². The van der Waals surface area contributed by atoms with Crippen LogP contribution < -0.4 is 0 Å². The summed E-state index contributed by atoms with van der Waals surface area (Å²) in [6.07, 6.45) is 4.18. The Bertz CT molecular complexity index is 672. The quantitative estimate of drug-likeness (QED) is 0.685. The van der Waals surface area contributed by atoms with Crippen molar-refractivity contribution in [3.05, 3.63) is 38.7 Å². The highest BCUT2D eigenvalue weighted by Gasteiger charge is 2.28. The van der Waals surface area contributed by atoms with Gasteiger partial charge in [-0.15, -0.1) is 0 Å².